The maximum atomic E-state index is 12.7. The number of hydrogen-bond acceptors (Lipinski definition) is 6. The van der Waals surface area contributed by atoms with Crippen LogP contribution in [0.4, 0.5) is 0 Å². The fourth-order valence-corrected chi connectivity index (χ4v) is 4.39. The number of ether oxygens (including phenoxy) is 3. The first-order valence-corrected chi connectivity index (χ1v) is 9.58. The van der Waals surface area contributed by atoms with Gasteiger partial charge in [0, 0.05) is 11.1 Å². The van der Waals surface area contributed by atoms with Crippen molar-refractivity contribution in [2.75, 3.05) is 6.79 Å². The predicted molar refractivity (Wildman–Crippen MR) is 106 cm³/mol. The van der Waals surface area contributed by atoms with Gasteiger partial charge in [0.2, 0.25) is 6.79 Å². The first kappa shape index (κ1) is 18.0. The quantitative estimate of drug-likeness (QED) is 0.662. The molecular formula is C23H20O6. The highest BCUT2D eigenvalue weighted by Crippen LogP contribution is 2.44. The van der Waals surface area contributed by atoms with Gasteiger partial charge in [0.25, 0.3) is 0 Å². The minimum absolute atomic E-state index is 0.166. The third-order valence-corrected chi connectivity index (χ3v) is 5.76. The molecule has 2 aliphatic heterocycles. The monoisotopic (exact) mass is 392 g/mol. The number of carbonyl (C=O) groups excluding carboxylic acids is 1. The number of aryl methyl sites for hydroxylation is 1. The molecule has 2 aliphatic rings. The second-order valence-electron chi connectivity index (χ2n) is 7.19. The van der Waals surface area contributed by atoms with Gasteiger partial charge in [-0.2, -0.15) is 0 Å². The first-order chi connectivity index (χ1) is 14.2. The van der Waals surface area contributed by atoms with E-state index in [1.165, 1.54) is 0 Å². The molecule has 0 radical (unpaired) electrons. The van der Waals surface area contributed by atoms with Crippen molar-refractivity contribution in [3.8, 4) is 22.6 Å². The lowest BCUT2D eigenvalue weighted by atomic mass is 9.84. The van der Waals surface area contributed by atoms with Gasteiger partial charge in [0.15, 0.2) is 11.5 Å². The predicted octanol–water partition coefficient (Wildman–Crippen LogP) is 3.45. The first-order valence-electron chi connectivity index (χ1n) is 9.58. The number of hydrogen-bond donors (Lipinski definition) is 2. The Balaban J connectivity index is 1.91. The van der Waals surface area contributed by atoms with Crippen molar-refractivity contribution in [1.29, 1.82) is 0 Å². The van der Waals surface area contributed by atoms with E-state index in [1.807, 2.05) is 37.3 Å². The second-order valence-corrected chi connectivity index (χ2v) is 7.19. The molecular weight excluding hydrogens is 372 g/mol. The van der Waals surface area contributed by atoms with Gasteiger partial charge in [-0.05, 0) is 63.7 Å². The average molecular weight is 392 g/mol. The molecule has 5 rings (SSSR count). The standard InChI is InChI=1S/C23H20O6/c1-2-15-16-5-13(8-24)14(9-25)6-17(16)21(22-18(15)10-27-23(22)26)12-3-4-19-20(7-12)29-11-28-19/h3-7,24-25H,2,8-11H2,1H3. The molecule has 3 aromatic carbocycles. The SMILES string of the molecule is CCc1c2c(c(-c3ccc4c(c3)OCO4)c3cc(CO)c(CO)cc13)C(=O)OC2. The molecule has 2 N–H and O–H groups in total. The number of aliphatic hydroxyl groups is 2. The number of cyclic esters (lactones) is 1. The van der Waals surface area contributed by atoms with Crippen LogP contribution in [0.5, 0.6) is 11.5 Å². The normalized spacial score (nSPS) is 14.4. The summed E-state index contributed by atoms with van der Waals surface area (Å²) in [6.07, 6.45) is 0.722. The zero-order valence-corrected chi connectivity index (χ0v) is 15.9. The highest BCUT2D eigenvalue weighted by Gasteiger charge is 2.31. The Morgan fingerprint density at radius 1 is 0.897 bits per heavy atom. The van der Waals surface area contributed by atoms with Crippen molar-refractivity contribution < 1.29 is 29.2 Å². The zero-order valence-electron chi connectivity index (χ0n) is 15.9. The Hall–Kier alpha value is -3.09. The van der Waals surface area contributed by atoms with E-state index in [1.54, 1.807) is 0 Å². The van der Waals surface area contributed by atoms with Crippen molar-refractivity contribution in [2.24, 2.45) is 0 Å². The Morgan fingerprint density at radius 3 is 2.34 bits per heavy atom. The van der Waals surface area contributed by atoms with Crippen LogP contribution in [0, 0.1) is 0 Å². The van der Waals surface area contributed by atoms with Crippen LogP contribution >= 0.6 is 0 Å². The van der Waals surface area contributed by atoms with Crippen molar-refractivity contribution >= 4 is 16.7 Å². The highest BCUT2D eigenvalue weighted by atomic mass is 16.7. The topological polar surface area (TPSA) is 85.2 Å². The molecule has 0 atom stereocenters. The van der Waals surface area contributed by atoms with Crippen LogP contribution in [-0.2, 0) is 31.0 Å². The molecule has 3 aromatic rings. The Morgan fingerprint density at radius 2 is 1.62 bits per heavy atom. The zero-order chi connectivity index (χ0) is 20.1. The van der Waals surface area contributed by atoms with Crippen molar-refractivity contribution in [2.45, 2.75) is 33.2 Å². The summed E-state index contributed by atoms with van der Waals surface area (Å²) in [6, 6.07) is 9.38. The Bertz CT molecular complexity index is 1160. The molecule has 0 fully saturated rings. The summed E-state index contributed by atoms with van der Waals surface area (Å²) in [4.78, 5) is 12.7. The number of rotatable bonds is 4. The molecule has 6 nitrogen and oxygen atoms in total. The van der Waals surface area contributed by atoms with E-state index >= 15 is 0 Å². The smallest absolute Gasteiger partial charge is 0.339 e. The second kappa shape index (κ2) is 6.76. The van der Waals surface area contributed by atoms with Crippen LogP contribution in [0.25, 0.3) is 21.9 Å². The summed E-state index contributed by atoms with van der Waals surface area (Å²) in [6.45, 7) is 2.08. The van der Waals surface area contributed by atoms with Crippen LogP contribution in [0.3, 0.4) is 0 Å². The summed E-state index contributed by atoms with van der Waals surface area (Å²) >= 11 is 0. The lowest BCUT2D eigenvalue weighted by Gasteiger charge is -2.18. The van der Waals surface area contributed by atoms with Crippen molar-refractivity contribution in [3.63, 3.8) is 0 Å². The molecule has 148 valence electrons. The van der Waals surface area contributed by atoms with Crippen LogP contribution in [-0.4, -0.2) is 23.0 Å². The molecule has 0 spiro atoms. The minimum Gasteiger partial charge on any atom is -0.457 e. The minimum atomic E-state index is -0.346. The summed E-state index contributed by atoms with van der Waals surface area (Å²) < 4.78 is 16.4. The lowest BCUT2D eigenvalue weighted by molar-refractivity contribution is 0.0535. The van der Waals surface area contributed by atoms with E-state index in [-0.39, 0.29) is 32.6 Å². The Kier molecular flexibility index (Phi) is 4.19. The van der Waals surface area contributed by atoms with E-state index in [4.69, 9.17) is 14.2 Å². The average Bonchev–Trinajstić information content (AvgIpc) is 3.37. The fourth-order valence-electron chi connectivity index (χ4n) is 4.39. The van der Waals surface area contributed by atoms with Gasteiger partial charge in [-0.3, -0.25) is 0 Å². The summed E-state index contributed by atoms with van der Waals surface area (Å²) in [5.74, 6) is 0.951. The van der Waals surface area contributed by atoms with Crippen LogP contribution in [0.2, 0.25) is 0 Å². The van der Waals surface area contributed by atoms with Gasteiger partial charge in [-0.25, -0.2) is 4.79 Å². The van der Waals surface area contributed by atoms with Gasteiger partial charge in [0.05, 0.1) is 18.8 Å². The molecule has 0 aromatic heterocycles. The third kappa shape index (κ3) is 2.60. The van der Waals surface area contributed by atoms with E-state index < -0.39 is 0 Å². The van der Waals surface area contributed by atoms with Crippen LogP contribution < -0.4 is 9.47 Å². The van der Waals surface area contributed by atoms with Crippen molar-refractivity contribution in [3.05, 3.63) is 58.1 Å². The maximum Gasteiger partial charge on any atom is 0.339 e. The lowest BCUT2D eigenvalue weighted by Crippen LogP contribution is -2.04. The Labute approximate surface area is 167 Å². The summed E-state index contributed by atoms with van der Waals surface area (Å²) in [7, 11) is 0. The van der Waals surface area contributed by atoms with Gasteiger partial charge < -0.3 is 24.4 Å². The molecule has 0 bridgehead atoms. The van der Waals surface area contributed by atoms with E-state index in [0.29, 0.717) is 28.2 Å². The molecule has 0 aliphatic carbocycles. The number of fused-ring (bicyclic) bond motifs is 3. The van der Waals surface area contributed by atoms with Crippen LogP contribution in [0.1, 0.15) is 39.5 Å². The molecule has 0 saturated carbocycles. The van der Waals surface area contributed by atoms with Gasteiger partial charge in [-0.15, -0.1) is 0 Å². The maximum absolute atomic E-state index is 12.7. The van der Waals surface area contributed by atoms with Gasteiger partial charge in [0.1, 0.15) is 6.61 Å². The molecule has 0 unspecified atom stereocenters. The van der Waals surface area contributed by atoms with E-state index in [9.17, 15) is 15.0 Å². The number of benzene rings is 3. The molecule has 6 heteroatoms. The third-order valence-electron chi connectivity index (χ3n) is 5.76. The van der Waals surface area contributed by atoms with Crippen LogP contribution in [0.15, 0.2) is 30.3 Å². The largest absolute Gasteiger partial charge is 0.457 e. The van der Waals surface area contributed by atoms with E-state index in [2.05, 4.69) is 0 Å². The highest BCUT2D eigenvalue weighted by molar-refractivity contribution is 6.12. The molecule has 0 amide bonds. The number of esters is 1. The molecule has 29 heavy (non-hydrogen) atoms. The number of carbonyl (C=O) groups is 1. The van der Waals surface area contributed by atoms with Gasteiger partial charge >= 0.3 is 5.97 Å². The van der Waals surface area contributed by atoms with Gasteiger partial charge in [-0.1, -0.05) is 13.0 Å². The van der Waals surface area contributed by atoms with E-state index in [0.717, 1.165) is 39.4 Å². The summed E-state index contributed by atoms with van der Waals surface area (Å²) in [5, 5.41) is 21.4. The molecule has 0 saturated heterocycles. The fraction of sp³-hybridized carbons (Fsp3) is 0.261. The summed E-state index contributed by atoms with van der Waals surface area (Å²) in [5.41, 5.74) is 5.37. The number of aliphatic hydroxyl groups excluding tert-OH is 2. The molecule has 2 heterocycles. The van der Waals surface area contributed by atoms with Crippen molar-refractivity contribution in [1.82, 2.24) is 0 Å².